The van der Waals surface area contributed by atoms with Crippen LogP contribution < -0.4 is 5.32 Å². The minimum atomic E-state index is -0.205. The summed E-state index contributed by atoms with van der Waals surface area (Å²) in [4.78, 5) is 13.4. The van der Waals surface area contributed by atoms with Gasteiger partial charge in [-0.2, -0.15) is 0 Å². The lowest BCUT2D eigenvalue weighted by molar-refractivity contribution is -0.124. The minimum Gasteiger partial charge on any atom is -0.325 e. The lowest BCUT2D eigenvalue weighted by Gasteiger charge is -2.27. The highest BCUT2D eigenvalue weighted by Gasteiger charge is 2.37. The molecular weight excluding hydrogens is 218 g/mol. The van der Waals surface area contributed by atoms with Crippen LogP contribution in [0.15, 0.2) is 29.2 Å². The van der Waals surface area contributed by atoms with E-state index in [0.717, 1.165) is 24.3 Å². The van der Waals surface area contributed by atoms with E-state index >= 15 is 0 Å². The summed E-state index contributed by atoms with van der Waals surface area (Å²) in [6.45, 7) is 4.19. The summed E-state index contributed by atoms with van der Waals surface area (Å²) in [6.07, 6.45) is 1.80. The van der Waals surface area contributed by atoms with Crippen molar-refractivity contribution >= 4 is 23.4 Å². The first-order chi connectivity index (χ1) is 7.72. The minimum absolute atomic E-state index is 0.176. The fourth-order valence-corrected chi connectivity index (χ4v) is 3.43. The highest BCUT2D eigenvalue weighted by Crippen LogP contribution is 2.40. The van der Waals surface area contributed by atoms with Crippen molar-refractivity contribution in [2.45, 2.75) is 31.6 Å². The molecule has 0 spiro atoms. The zero-order valence-corrected chi connectivity index (χ0v) is 10.6. The Bertz CT molecular complexity index is 399. The summed E-state index contributed by atoms with van der Waals surface area (Å²) < 4.78 is 0. The third kappa shape index (κ3) is 1.84. The van der Waals surface area contributed by atoms with Crippen LogP contribution in [0.3, 0.4) is 0 Å². The Morgan fingerprint density at radius 3 is 2.69 bits per heavy atom. The van der Waals surface area contributed by atoms with Gasteiger partial charge < -0.3 is 5.32 Å². The summed E-state index contributed by atoms with van der Waals surface area (Å²) in [5.74, 6) is 1.05. The van der Waals surface area contributed by atoms with Gasteiger partial charge >= 0.3 is 0 Å². The van der Waals surface area contributed by atoms with Crippen molar-refractivity contribution < 1.29 is 4.79 Å². The van der Waals surface area contributed by atoms with Gasteiger partial charge in [-0.15, -0.1) is 11.8 Å². The molecule has 1 aromatic rings. The zero-order valence-electron chi connectivity index (χ0n) is 9.75. The molecule has 0 fully saturated rings. The Balaban J connectivity index is 2.35. The van der Waals surface area contributed by atoms with Crippen molar-refractivity contribution in [1.82, 2.24) is 0 Å². The normalized spacial score (nSPS) is 18.5. The molecule has 0 unspecified atom stereocenters. The van der Waals surface area contributed by atoms with Crippen LogP contribution in [0, 0.1) is 5.41 Å². The maximum Gasteiger partial charge on any atom is 0.231 e. The number of amides is 1. The molecule has 1 amide bonds. The van der Waals surface area contributed by atoms with Crippen LogP contribution in [-0.2, 0) is 4.79 Å². The van der Waals surface area contributed by atoms with Gasteiger partial charge in [-0.1, -0.05) is 26.0 Å². The highest BCUT2D eigenvalue weighted by atomic mass is 32.2. The molecule has 1 aliphatic rings. The number of thioether (sulfide) groups is 1. The molecule has 1 aliphatic heterocycles. The second-order valence-corrected chi connectivity index (χ2v) is 5.24. The molecular formula is C13H17NOS. The summed E-state index contributed by atoms with van der Waals surface area (Å²) in [5, 5.41) is 3.06. The predicted molar refractivity (Wildman–Crippen MR) is 68.8 cm³/mol. The average Bonchev–Trinajstić information content (AvgIpc) is 2.46. The molecule has 1 heterocycles. The monoisotopic (exact) mass is 235 g/mol. The molecule has 0 aromatic heterocycles. The molecule has 2 nitrogen and oxygen atoms in total. The molecule has 1 aromatic carbocycles. The third-order valence-electron chi connectivity index (χ3n) is 3.47. The zero-order chi connectivity index (χ0) is 11.6. The van der Waals surface area contributed by atoms with E-state index in [9.17, 15) is 4.79 Å². The van der Waals surface area contributed by atoms with E-state index in [2.05, 4.69) is 25.2 Å². The molecule has 16 heavy (non-hydrogen) atoms. The van der Waals surface area contributed by atoms with Gasteiger partial charge in [0.1, 0.15) is 0 Å². The van der Waals surface area contributed by atoms with Gasteiger partial charge in [-0.05, 0) is 25.0 Å². The maximum atomic E-state index is 12.2. The van der Waals surface area contributed by atoms with Crippen LogP contribution >= 0.6 is 11.8 Å². The van der Waals surface area contributed by atoms with Crippen molar-refractivity contribution in [2.24, 2.45) is 5.41 Å². The predicted octanol–water partition coefficient (Wildman–Crippen LogP) is 3.54. The molecule has 0 aliphatic carbocycles. The number of benzene rings is 1. The molecule has 2 rings (SSSR count). The van der Waals surface area contributed by atoms with Crippen molar-refractivity contribution in [3.05, 3.63) is 24.3 Å². The first kappa shape index (κ1) is 11.5. The molecule has 3 heteroatoms. The smallest absolute Gasteiger partial charge is 0.231 e. The van der Waals surface area contributed by atoms with E-state index in [-0.39, 0.29) is 11.3 Å². The number of rotatable bonds is 2. The standard InChI is InChI=1S/C13H17NOS/c1-3-13(4-2)9-16-11-8-6-5-7-10(11)14-12(13)15/h5-8H,3-4,9H2,1-2H3,(H,14,15). The molecule has 86 valence electrons. The number of carbonyl (C=O) groups excluding carboxylic acids is 1. The lowest BCUT2D eigenvalue weighted by atomic mass is 9.83. The Kier molecular flexibility index (Phi) is 3.24. The average molecular weight is 235 g/mol. The summed E-state index contributed by atoms with van der Waals surface area (Å²) in [6, 6.07) is 8.02. The summed E-state index contributed by atoms with van der Waals surface area (Å²) in [7, 11) is 0. The molecule has 0 atom stereocenters. The first-order valence-corrected chi connectivity index (χ1v) is 6.73. The SMILES string of the molecule is CCC1(CC)CSc2ccccc2NC1=O. The molecule has 0 bridgehead atoms. The van der Waals surface area contributed by atoms with E-state index in [1.54, 1.807) is 11.8 Å². The maximum absolute atomic E-state index is 12.2. The Morgan fingerprint density at radius 2 is 2.00 bits per heavy atom. The topological polar surface area (TPSA) is 29.1 Å². The van der Waals surface area contributed by atoms with E-state index in [0.29, 0.717) is 0 Å². The van der Waals surface area contributed by atoms with E-state index in [4.69, 9.17) is 0 Å². The van der Waals surface area contributed by atoms with Gasteiger partial charge in [0.15, 0.2) is 0 Å². The van der Waals surface area contributed by atoms with Gasteiger partial charge in [0.05, 0.1) is 11.1 Å². The first-order valence-electron chi connectivity index (χ1n) is 5.75. The number of carbonyl (C=O) groups is 1. The number of anilines is 1. The van der Waals surface area contributed by atoms with Crippen LogP contribution in [-0.4, -0.2) is 11.7 Å². The second kappa shape index (κ2) is 4.50. The Hall–Kier alpha value is -0.960. The largest absolute Gasteiger partial charge is 0.325 e. The van der Waals surface area contributed by atoms with Gasteiger partial charge in [0.2, 0.25) is 5.91 Å². The summed E-state index contributed by atoms with van der Waals surface area (Å²) in [5.41, 5.74) is 0.755. The van der Waals surface area contributed by atoms with Gasteiger partial charge in [0.25, 0.3) is 0 Å². The molecule has 0 radical (unpaired) electrons. The van der Waals surface area contributed by atoms with Gasteiger partial charge in [0, 0.05) is 10.6 Å². The Morgan fingerprint density at radius 1 is 1.31 bits per heavy atom. The Labute approximate surface area is 101 Å². The fraction of sp³-hybridized carbons (Fsp3) is 0.462. The van der Waals surface area contributed by atoms with Crippen molar-refractivity contribution in [2.75, 3.05) is 11.1 Å². The van der Waals surface area contributed by atoms with E-state index < -0.39 is 0 Å². The van der Waals surface area contributed by atoms with Crippen LogP contribution in [0.5, 0.6) is 0 Å². The number of para-hydroxylation sites is 1. The quantitative estimate of drug-likeness (QED) is 0.849. The fourth-order valence-electron chi connectivity index (χ4n) is 2.01. The van der Waals surface area contributed by atoms with E-state index in [1.165, 1.54) is 4.90 Å². The van der Waals surface area contributed by atoms with Crippen LogP contribution in [0.25, 0.3) is 0 Å². The number of nitrogens with one attached hydrogen (secondary N) is 1. The van der Waals surface area contributed by atoms with Crippen molar-refractivity contribution in [3.63, 3.8) is 0 Å². The van der Waals surface area contributed by atoms with Gasteiger partial charge in [-0.25, -0.2) is 0 Å². The third-order valence-corrected chi connectivity index (χ3v) is 4.84. The number of hydrogen-bond donors (Lipinski definition) is 1. The van der Waals surface area contributed by atoms with Crippen LogP contribution in [0.4, 0.5) is 5.69 Å². The van der Waals surface area contributed by atoms with Crippen LogP contribution in [0.1, 0.15) is 26.7 Å². The van der Waals surface area contributed by atoms with Crippen molar-refractivity contribution in [3.8, 4) is 0 Å². The van der Waals surface area contributed by atoms with Crippen LogP contribution in [0.2, 0.25) is 0 Å². The molecule has 0 saturated heterocycles. The van der Waals surface area contributed by atoms with Crippen molar-refractivity contribution in [1.29, 1.82) is 0 Å². The highest BCUT2D eigenvalue weighted by molar-refractivity contribution is 7.99. The van der Waals surface area contributed by atoms with Gasteiger partial charge in [-0.3, -0.25) is 4.79 Å². The molecule has 1 N–H and O–H groups in total. The van der Waals surface area contributed by atoms with E-state index in [1.807, 2.05) is 18.2 Å². The lowest BCUT2D eigenvalue weighted by Crippen LogP contribution is -2.36. The summed E-state index contributed by atoms with van der Waals surface area (Å²) >= 11 is 1.79. The molecule has 0 saturated carbocycles. The second-order valence-electron chi connectivity index (χ2n) is 4.23. The number of fused-ring (bicyclic) bond motifs is 1. The number of hydrogen-bond acceptors (Lipinski definition) is 2.